The van der Waals surface area contributed by atoms with Crippen LogP contribution in [-0.4, -0.2) is 19.4 Å². The van der Waals surface area contributed by atoms with E-state index in [0.29, 0.717) is 25.0 Å². The van der Waals surface area contributed by atoms with E-state index >= 15 is 0 Å². The summed E-state index contributed by atoms with van der Waals surface area (Å²) < 4.78 is 10.0. The molecule has 0 aromatic carbocycles. The van der Waals surface area contributed by atoms with Gasteiger partial charge >= 0.3 is 6.16 Å². The van der Waals surface area contributed by atoms with Crippen LogP contribution in [0.2, 0.25) is 0 Å². The monoisotopic (exact) mass is 198 g/mol. The molecule has 0 bridgehead atoms. The molecule has 0 aromatic heterocycles. The number of ether oxygens (including phenoxy) is 2. The topological polar surface area (TPSA) is 35.5 Å². The SMILES string of the molecule is O=C(OCC1CCC1)OCC1CCC1. The molecule has 2 aliphatic carbocycles. The molecule has 2 aliphatic rings. The summed E-state index contributed by atoms with van der Waals surface area (Å²) >= 11 is 0. The number of hydrogen-bond donors (Lipinski definition) is 0. The van der Waals surface area contributed by atoms with Gasteiger partial charge in [0.25, 0.3) is 0 Å². The Bertz CT molecular complexity index is 175. The fourth-order valence-electron chi connectivity index (χ4n) is 1.73. The summed E-state index contributed by atoms with van der Waals surface area (Å²) in [5.41, 5.74) is 0. The first kappa shape index (κ1) is 9.81. The van der Waals surface area contributed by atoms with Crippen molar-refractivity contribution in [2.24, 2.45) is 11.8 Å². The molecule has 2 fully saturated rings. The predicted molar refractivity (Wildman–Crippen MR) is 52.0 cm³/mol. The van der Waals surface area contributed by atoms with Gasteiger partial charge < -0.3 is 9.47 Å². The molecule has 0 aromatic rings. The van der Waals surface area contributed by atoms with Gasteiger partial charge in [-0.3, -0.25) is 0 Å². The van der Waals surface area contributed by atoms with Gasteiger partial charge in [-0.1, -0.05) is 12.8 Å². The molecular weight excluding hydrogens is 180 g/mol. The molecule has 3 heteroatoms. The van der Waals surface area contributed by atoms with E-state index in [1.165, 1.54) is 38.5 Å². The van der Waals surface area contributed by atoms with Crippen LogP contribution in [0.3, 0.4) is 0 Å². The highest BCUT2D eigenvalue weighted by Crippen LogP contribution is 2.27. The van der Waals surface area contributed by atoms with E-state index in [0.717, 1.165) is 0 Å². The number of carbonyl (C=O) groups is 1. The van der Waals surface area contributed by atoms with E-state index < -0.39 is 6.16 Å². The van der Waals surface area contributed by atoms with Crippen molar-refractivity contribution in [3.05, 3.63) is 0 Å². The second-order valence-corrected chi connectivity index (χ2v) is 4.47. The zero-order valence-corrected chi connectivity index (χ0v) is 8.54. The normalized spacial score (nSPS) is 22.3. The van der Waals surface area contributed by atoms with Crippen LogP contribution in [-0.2, 0) is 9.47 Å². The van der Waals surface area contributed by atoms with Gasteiger partial charge in [-0.15, -0.1) is 0 Å². The highest BCUT2D eigenvalue weighted by atomic mass is 16.7. The van der Waals surface area contributed by atoms with Crippen molar-refractivity contribution < 1.29 is 14.3 Å². The van der Waals surface area contributed by atoms with Crippen molar-refractivity contribution >= 4 is 6.16 Å². The molecule has 2 saturated carbocycles. The smallest absolute Gasteiger partial charge is 0.434 e. The molecule has 0 heterocycles. The first-order chi connectivity index (χ1) is 6.84. The van der Waals surface area contributed by atoms with E-state index in [1.807, 2.05) is 0 Å². The van der Waals surface area contributed by atoms with Crippen molar-refractivity contribution in [3.8, 4) is 0 Å². The zero-order valence-electron chi connectivity index (χ0n) is 8.54. The number of rotatable bonds is 4. The minimum Gasteiger partial charge on any atom is -0.434 e. The van der Waals surface area contributed by atoms with Crippen molar-refractivity contribution in [1.29, 1.82) is 0 Å². The molecule has 0 saturated heterocycles. The fraction of sp³-hybridized carbons (Fsp3) is 0.909. The maximum absolute atomic E-state index is 11.1. The Labute approximate surface area is 84.8 Å². The molecular formula is C11H18O3. The lowest BCUT2D eigenvalue weighted by Crippen LogP contribution is -2.23. The fourth-order valence-corrected chi connectivity index (χ4v) is 1.73. The Kier molecular flexibility index (Phi) is 3.27. The third-order valence-electron chi connectivity index (χ3n) is 3.32. The standard InChI is InChI=1S/C11H18O3/c12-11(13-7-9-3-1-4-9)14-8-10-5-2-6-10/h9-10H,1-8H2. The Morgan fingerprint density at radius 2 is 1.36 bits per heavy atom. The van der Waals surface area contributed by atoms with Crippen molar-refractivity contribution in [2.75, 3.05) is 13.2 Å². The molecule has 0 amide bonds. The third-order valence-corrected chi connectivity index (χ3v) is 3.32. The summed E-state index contributed by atoms with van der Waals surface area (Å²) in [5.74, 6) is 1.21. The first-order valence-electron chi connectivity index (χ1n) is 5.64. The van der Waals surface area contributed by atoms with Crippen molar-refractivity contribution in [1.82, 2.24) is 0 Å². The maximum Gasteiger partial charge on any atom is 0.508 e. The summed E-state index contributed by atoms with van der Waals surface area (Å²) in [4.78, 5) is 11.1. The van der Waals surface area contributed by atoms with Crippen molar-refractivity contribution in [3.63, 3.8) is 0 Å². The van der Waals surface area contributed by atoms with Gasteiger partial charge in [-0.2, -0.15) is 0 Å². The van der Waals surface area contributed by atoms with Crippen LogP contribution in [0.25, 0.3) is 0 Å². The Morgan fingerprint density at radius 1 is 0.929 bits per heavy atom. The molecule has 2 rings (SSSR count). The largest absolute Gasteiger partial charge is 0.508 e. The molecule has 0 aliphatic heterocycles. The van der Waals surface area contributed by atoms with Gasteiger partial charge in [0.05, 0.1) is 13.2 Å². The Balaban J connectivity index is 1.49. The molecule has 14 heavy (non-hydrogen) atoms. The summed E-state index contributed by atoms with van der Waals surface area (Å²) in [5, 5.41) is 0. The first-order valence-corrected chi connectivity index (χ1v) is 5.64. The molecule has 0 unspecified atom stereocenters. The average molecular weight is 198 g/mol. The van der Waals surface area contributed by atoms with Gasteiger partial charge in [0.2, 0.25) is 0 Å². The van der Waals surface area contributed by atoms with Crippen LogP contribution >= 0.6 is 0 Å². The summed E-state index contributed by atoms with van der Waals surface area (Å²) in [7, 11) is 0. The van der Waals surface area contributed by atoms with Gasteiger partial charge in [-0.25, -0.2) is 4.79 Å². The number of carbonyl (C=O) groups excluding carboxylic acids is 1. The highest BCUT2D eigenvalue weighted by molar-refractivity contribution is 5.59. The predicted octanol–water partition coefficient (Wildman–Crippen LogP) is 2.74. The summed E-state index contributed by atoms with van der Waals surface area (Å²) in [6, 6.07) is 0. The molecule has 0 radical (unpaired) electrons. The molecule has 0 atom stereocenters. The van der Waals surface area contributed by atoms with Crippen LogP contribution < -0.4 is 0 Å². The van der Waals surface area contributed by atoms with Crippen LogP contribution in [0.1, 0.15) is 38.5 Å². The van der Waals surface area contributed by atoms with E-state index in [4.69, 9.17) is 9.47 Å². The van der Waals surface area contributed by atoms with E-state index in [1.54, 1.807) is 0 Å². The lowest BCUT2D eigenvalue weighted by molar-refractivity contribution is 0.0177. The van der Waals surface area contributed by atoms with E-state index in [9.17, 15) is 4.79 Å². The summed E-state index contributed by atoms with van der Waals surface area (Å²) in [6.07, 6.45) is 6.91. The van der Waals surface area contributed by atoms with Gasteiger partial charge in [0, 0.05) is 0 Å². The van der Waals surface area contributed by atoms with E-state index in [-0.39, 0.29) is 0 Å². The van der Waals surface area contributed by atoms with Crippen molar-refractivity contribution in [2.45, 2.75) is 38.5 Å². The minimum atomic E-state index is -0.469. The van der Waals surface area contributed by atoms with Crippen LogP contribution in [0.5, 0.6) is 0 Å². The molecule has 3 nitrogen and oxygen atoms in total. The average Bonchev–Trinajstić information content (AvgIpc) is 1.98. The minimum absolute atomic E-state index is 0.469. The Hall–Kier alpha value is -0.730. The maximum atomic E-state index is 11.1. The Morgan fingerprint density at radius 3 is 1.64 bits per heavy atom. The van der Waals surface area contributed by atoms with Gasteiger partial charge in [-0.05, 0) is 37.5 Å². The molecule has 0 spiro atoms. The van der Waals surface area contributed by atoms with Crippen LogP contribution in [0.4, 0.5) is 4.79 Å². The highest BCUT2D eigenvalue weighted by Gasteiger charge is 2.22. The molecule has 80 valence electrons. The summed E-state index contributed by atoms with van der Waals surface area (Å²) in [6.45, 7) is 1.12. The third kappa shape index (κ3) is 2.63. The zero-order chi connectivity index (χ0) is 9.80. The van der Waals surface area contributed by atoms with Gasteiger partial charge in [0.15, 0.2) is 0 Å². The number of hydrogen-bond acceptors (Lipinski definition) is 3. The lowest BCUT2D eigenvalue weighted by atomic mass is 9.86. The van der Waals surface area contributed by atoms with E-state index in [2.05, 4.69) is 0 Å². The quantitative estimate of drug-likeness (QED) is 0.651. The lowest BCUT2D eigenvalue weighted by Gasteiger charge is -2.26. The second-order valence-electron chi connectivity index (χ2n) is 4.47. The molecule has 0 N–H and O–H groups in total. The van der Waals surface area contributed by atoms with Gasteiger partial charge in [0.1, 0.15) is 0 Å². The van der Waals surface area contributed by atoms with Crippen LogP contribution in [0, 0.1) is 11.8 Å². The second kappa shape index (κ2) is 4.67. The van der Waals surface area contributed by atoms with Crippen LogP contribution in [0.15, 0.2) is 0 Å².